The second-order valence-electron chi connectivity index (χ2n) is 4.54. The molecule has 0 amide bonds. The number of aliphatic hydroxyl groups is 2. The quantitative estimate of drug-likeness (QED) is 0.642. The lowest BCUT2D eigenvalue weighted by molar-refractivity contribution is 0.159. The van der Waals surface area contributed by atoms with Gasteiger partial charge in [-0.15, -0.1) is 0 Å². The van der Waals surface area contributed by atoms with E-state index in [4.69, 9.17) is 10.2 Å². The molecule has 0 heterocycles. The molecule has 2 atom stereocenters. The van der Waals surface area contributed by atoms with Crippen molar-refractivity contribution in [1.82, 2.24) is 0 Å². The van der Waals surface area contributed by atoms with Gasteiger partial charge in [-0.25, -0.2) is 0 Å². The van der Waals surface area contributed by atoms with E-state index in [9.17, 15) is 0 Å². The Morgan fingerprint density at radius 2 is 1.54 bits per heavy atom. The Morgan fingerprint density at radius 1 is 0.923 bits per heavy atom. The Morgan fingerprint density at radius 3 is 1.92 bits per heavy atom. The summed E-state index contributed by atoms with van der Waals surface area (Å²) in [6.45, 7) is 6.92. The summed E-state index contributed by atoms with van der Waals surface area (Å²) in [6, 6.07) is 0. The smallest absolute Gasteiger partial charge is 0.0459 e. The van der Waals surface area contributed by atoms with Crippen molar-refractivity contribution >= 4 is 0 Å². The van der Waals surface area contributed by atoms with E-state index in [-0.39, 0.29) is 13.2 Å². The highest BCUT2D eigenvalue weighted by atomic mass is 16.3. The molecule has 0 saturated heterocycles. The molecule has 0 aromatic carbocycles. The van der Waals surface area contributed by atoms with E-state index >= 15 is 0 Å². The highest BCUT2D eigenvalue weighted by molar-refractivity contribution is 4.63. The molecule has 2 N–H and O–H groups in total. The summed E-state index contributed by atoms with van der Waals surface area (Å²) in [5.74, 6) is 1.41. The summed E-state index contributed by atoms with van der Waals surface area (Å²) >= 11 is 0. The Hall–Kier alpha value is -0.0800. The van der Waals surface area contributed by atoms with Crippen LogP contribution in [-0.2, 0) is 0 Å². The van der Waals surface area contributed by atoms with Gasteiger partial charge in [0, 0.05) is 13.2 Å². The van der Waals surface area contributed by atoms with Crippen LogP contribution in [0.3, 0.4) is 0 Å². The molecule has 0 aromatic rings. The molecule has 0 saturated carbocycles. The lowest BCUT2D eigenvalue weighted by Gasteiger charge is -2.18. The van der Waals surface area contributed by atoms with Gasteiger partial charge >= 0.3 is 0 Å². The fourth-order valence-corrected chi connectivity index (χ4v) is 1.50. The first-order valence-electron chi connectivity index (χ1n) is 5.31. The maximum atomic E-state index is 9.10. The normalized spacial score (nSPS) is 16.2. The van der Waals surface area contributed by atoms with Gasteiger partial charge in [0.2, 0.25) is 0 Å². The maximum absolute atomic E-state index is 9.10. The summed E-state index contributed by atoms with van der Waals surface area (Å²) in [5.41, 5.74) is 0. The van der Waals surface area contributed by atoms with Crippen molar-refractivity contribution in [2.45, 2.75) is 40.0 Å². The van der Waals surface area contributed by atoms with Crippen LogP contribution in [0.5, 0.6) is 0 Å². The Bertz CT molecular complexity index is 113. The van der Waals surface area contributed by atoms with Crippen molar-refractivity contribution in [3.05, 3.63) is 0 Å². The molecule has 0 aromatic heterocycles. The first kappa shape index (κ1) is 12.9. The van der Waals surface area contributed by atoms with Gasteiger partial charge in [-0.2, -0.15) is 0 Å². The van der Waals surface area contributed by atoms with Crippen LogP contribution in [0.4, 0.5) is 0 Å². The fraction of sp³-hybridized carbons (Fsp3) is 1.00. The van der Waals surface area contributed by atoms with Gasteiger partial charge in [-0.3, -0.25) is 0 Å². The monoisotopic (exact) mass is 188 g/mol. The molecule has 2 heteroatoms. The number of aliphatic hydroxyl groups excluding tert-OH is 2. The SMILES string of the molecule is CC(C)CCC(CO)CC(C)CO. The van der Waals surface area contributed by atoms with Gasteiger partial charge in [0.25, 0.3) is 0 Å². The van der Waals surface area contributed by atoms with Crippen LogP contribution < -0.4 is 0 Å². The van der Waals surface area contributed by atoms with Crippen LogP contribution in [-0.4, -0.2) is 23.4 Å². The molecular weight excluding hydrogens is 164 g/mol. The molecule has 0 fully saturated rings. The van der Waals surface area contributed by atoms with Gasteiger partial charge in [-0.05, 0) is 30.6 Å². The lowest BCUT2D eigenvalue weighted by atomic mass is 9.91. The second-order valence-corrected chi connectivity index (χ2v) is 4.54. The fourth-order valence-electron chi connectivity index (χ4n) is 1.50. The molecule has 2 nitrogen and oxygen atoms in total. The number of rotatable bonds is 7. The molecule has 2 unspecified atom stereocenters. The van der Waals surface area contributed by atoms with Gasteiger partial charge < -0.3 is 10.2 Å². The van der Waals surface area contributed by atoms with E-state index in [0.717, 1.165) is 12.8 Å². The number of hydrogen-bond acceptors (Lipinski definition) is 2. The molecule has 0 bridgehead atoms. The average Bonchev–Trinajstić information content (AvgIpc) is 2.11. The summed E-state index contributed by atoms with van der Waals surface area (Å²) < 4.78 is 0. The van der Waals surface area contributed by atoms with Crippen LogP contribution in [0.1, 0.15) is 40.0 Å². The molecule has 0 spiro atoms. The second kappa shape index (κ2) is 7.34. The Kier molecular flexibility index (Phi) is 7.29. The zero-order valence-electron chi connectivity index (χ0n) is 9.16. The largest absolute Gasteiger partial charge is 0.396 e. The minimum atomic E-state index is 0.234. The molecule has 0 aliphatic rings. The van der Waals surface area contributed by atoms with Crippen molar-refractivity contribution in [3.63, 3.8) is 0 Å². The van der Waals surface area contributed by atoms with E-state index in [2.05, 4.69) is 13.8 Å². The summed E-state index contributed by atoms with van der Waals surface area (Å²) in [4.78, 5) is 0. The topological polar surface area (TPSA) is 40.5 Å². The standard InChI is InChI=1S/C11H24O2/c1-9(2)4-5-11(8-13)6-10(3)7-12/h9-13H,4-8H2,1-3H3. The van der Waals surface area contributed by atoms with Crippen molar-refractivity contribution in [2.24, 2.45) is 17.8 Å². The zero-order valence-corrected chi connectivity index (χ0v) is 9.16. The van der Waals surface area contributed by atoms with E-state index in [1.165, 1.54) is 6.42 Å². The molecule has 0 aliphatic carbocycles. The van der Waals surface area contributed by atoms with E-state index in [1.54, 1.807) is 0 Å². The third kappa shape index (κ3) is 7.03. The third-order valence-corrected chi connectivity index (χ3v) is 2.46. The van der Waals surface area contributed by atoms with Crippen LogP contribution in [0.2, 0.25) is 0 Å². The van der Waals surface area contributed by atoms with Crippen LogP contribution in [0.25, 0.3) is 0 Å². The Labute approximate surface area is 82.0 Å². The summed E-state index contributed by atoms with van der Waals surface area (Å²) in [5, 5.41) is 18.0. The minimum Gasteiger partial charge on any atom is -0.396 e. The van der Waals surface area contributed by atoms with E-state index in [0.29, 0.717) is 17.8 Å². The van der Waals surface area contributed by atoms with Crippen LogP contribution >= 0.6 is 0 Å². The van der Waals surface area contributed by atoms with E-state index in [1.807, 2.05) is 6.92 Å². The maximum Gasteiger partial charge on any atom is 0.0459 e. The predicted molar refractivity (Wildman–Crippen MR) is 55.5 cm³/mol. The van der Waals surface area contributed by atoms with Gasteiger partial charge in [0.05, 0.1) is 0 Å². The molecule has 0 radical (unpaired) electrons. The van der Waals surface area contributed by atoms with E-state index < -0.39 is 0 Å². The minimum absolute atomic E-state index is 0.234. The number of hydrogen-bond donors (Lipinski definition) is 2. The average molecular weight is 188 g/mol. The molecule has 0 rings (SSSR count). The van der Waals surface area contributed by atoms with Gasteiger partial charge in [0.15, 0.2) is 0 Å². The molecule has 80 valence electrons. The molecule has 13 heavy (non-hydrogen) atoms. The van der Waals surface area contributed by atoms with Crippen LogP contribution in [0.15, 0.2) is 0 Å². The molecule has 0 aliphatic heterocycles. The zero-order chi connectivity index (χ0) is 10.3. The van der Waals surface area contributed by atoms with Crippen molar-refractivity contribution in [1.29, 1.82) is 0 Å². The highest BCUT2D eigenvalue weighted by Crippen LogP contribution is 2.19. The third-order valence-electron chi connectivity index (χ3n) is 2.46. The predicted octanol–water partition coefficient (Wildman–Crippen LogP) is 2.05. The summed E-state index contributed by atoms with van der Waals surface area (Å²) in [6.07, 6.45) is 3.20. The first-order valence-corrected chi connectivity index (χ1v) is 5.31. The first-order chi connectivity index (χ1) is 6.10. The lowest BCUT2D eigenvalue weighted by Crippen LogP contribution is -2.13. The summed E-state index contributed by atoms with van der Waals surface area (Å²) in [7, 11) is 0. The van der Waals surface area contributed by atoms with Crippen molar-refractivity contribution < 1.29 is 10.2 Å². The van der Waals surface area contributed by atoms with Gasteiger partial charge in [0.1, 0.15) is 0 Å². The Balaban J connectivity index is 3.62. The van der Waals surface area contributed by atoms with Crippen molar-refractivity contribution in [2.75, 3.05) is 13.2 Å². The highest BCUT2D eigenvalue weighted by Gasteiger charge is 2.12. The van der Waals surface area contributed by atoms with Gasteiger partial charge in [-0.1, -0.05) is 27.2 Å². The van der Waals surface area contributed by atoms with Crippen molar-refractivity contribution in [3.8, 4) is 0 Å². The van der Waals surface area contributed by atoms with Crippen LogP contribution in [0, 0.1) is 17.8 Å². The molecular formula is C11H24O2.